The first-order valence-electron chi connectivity index (χ1n) is 9.85. The molecule has 1 aromatic carbocycles. The molecule has 1 aliphatic carbocycles. The molecule has 3 heteroatoms. The van der Waals surface area contributed by atoms with E-state index >= 15 is 0 Å². The largest absolute Gasteiger partial charge is 0.393 e. The average Bonchev–Trinajstić information content (AvgIpc) is 2.54. The van der Waals surface area contributed by atoms with Gasteiger partial charge >= 0.3 is 0 Å². The van der Waals surface area contributed by atoms with Crippen LogP contribution in [-0.4, -0.2) is 40.3 Å². The van der Waals surface area contributed by atoms with E-state index in [-0.39, 0.29) is 23.3 Å². The predicted molar refractivity (Wildman–Crippen MR) is 103 cm³/mol. The van der Waals surface area contributed by atoms with Gasteiger partial charge in [0.05, 0.1) is 17.8 Å². The second kappa shape index (κ2) is 7.02. The van der Waals surface area contributed by atoms with E-state index in [1.807, 2.05) is 0 Å². The summed E-state index contributed by atoms with van der Waals surface area (Å²) in [7, 11) is 0. The number of morpholine rings is 1. The lowest BCUT2D eigenvalue weighted by molar-refractivity contribution is -0.174. The summed E-state index contributed by atoms with van der Waals surface area (Å²) in [6, 6.07) is 10.5. The van der Waals surface area contributed by atoms with Crippen LogP contribution in [0.1, 0.15) is 65.5 Å². The van der Waals surface area contributed by atoms with Crippen molar-refractivity contribution >= 4 is 0 Å². The minimum absolute atomic E-state index is 0.0341. The maximum Gasteiger partial charge on any atom is 0.0959 e. The van der Waals surface area contributed by atoms with Crippen LogP contribution >= 0.6 is 0 Å². The van der Waals surface area contributed by atoms with Crippen LogP contribution in [0.25, 0.3) is 0 Å². The molecule has 1 heterocycles. The first kappa shape index (κ1) is 18.9. The summed E-state index contributed by atoms with van der Waals surface area (Å²) < 4.78 is 6.41. The first-order valence-corrected chi connectivity index (χ1v) is 9.85. The molecule has 140 valence electrons. The number of hydrogen-bond acceptors (Lipinski definition) is 3. The minimum Gasteiger partial charge on any atom is -0.393 e. The number of aliphatic hydroxyl groups excluding tert-OH is 1. The Bertz CT molecular complexity index is 569. The lowest BCUT2D eigenvalue weighted by Crippen LogP contribution is -2.61. The van der Waals surface area contributed by atoms with Crippen LogP contribution in [-0.2, 0) is 4.74 Å². The lowest BCUT2D eigenvalue weighted by atomic mass is 9.70. The molecule has 0 spiro atoms. The van der Waals surface area contributed by atoms with Crippen molar-refractivity contribution in [2.24, 2.45) is 11.8 Å². The van der Waals surface area contributed by atoms with Gasteiger partial charge in [-0.05, 0) is 52.0 Å². The molecule has 3 rings (SSSR count). The van der Waals surface area contributed by atoms with E-state index in [9.17, 15) is 5.11 Å². The molecule has 2 fully saturated rings. The summed E-state index contributed by atoms with van der Waals surface area (Å²) >= 11 is 0. The van der Waals surface area contributed by atoms with E-state index in [0.29, 0.717) is 11.8 Å². The molecule has 3 nitrogen and oxygen atoms in total. The Labute approximate surface area is 153 Å². The van der Waals surface area contributed by atoms with Gasteiger partial charge in [0.25, 0.3) is 0 Å². The second-order valence-electron chi connectivity index (χ2n) is 9.40. The highest BCUT2D eigenvalue weighted by atomic mass is 16.5. The van der Waals surface area contributed by atoms with Crippen molar-refractivity contribution < 1.29 is 9.84 Å². The lowest BCUT2D eigenvalue weighted by Gasteiger charge is -2.54. The molecule has 2 aliphatic rings. The molecule has 4 atom stereocenters. The first-order chi connectivity index (χ1) is 11.7. The molecule has 0 aromatic heterocycles. The van der Waals surface area contributed by atoms with Gasteiger partial charge in [0, 0.05) is 24.5 Å². The Hall–Kier alpha value is -0.900. The molecule has 1 aromatic rings. The number of nitrogens with zero attached hydrogens (tertiary/aromatic N) is 1. The van der Waals surface area contributed by atoms with Gasteiger partial charge in [-0.25, -0.2) is 0 Å². The fourth-order valence-corrected chi connectivity index (χ4v) is 4.87. The monoisotopic (exact) mass is 345 g/mol. The van der Waals surface area contributed by atoms with Crippen LogP contribution in [0.2, 0.25) is 0 Å². The van der Waals surface area contributed by atoms with Crippen molar-refractivity contribution in [2.45, 2.75) is 77.2 Å². The van der Waals surface area contributed by atoms with Crippen molar-refractivity contribution in [3.05, 3.63) is 35.9 Å². The second-order valence-corrected chi connectivity index (χ2v) is 9.40. The van der Waals surface area contributed by atoms with E-state index in [1.165, 1.54) is 12.0 Å². The Morgan fingerprint density at radius 1 is 1.16 bits per heavy atom. The highest BCUT2D eigenvalue weighted by molar-refractivity contribution is 5.19. The summed E-state index contributed by atoms with van der Waals surface area (Å²) in [5, 5.41) is 10.8. The molecule has 0 radical (unpaired) electrons. The molecule has 25 heavy (non-hydrogen) atoms. The van der Waals surface area contributed by atoms with Crippen molar-refractivity contribution in [3.63, 3.8) is 0 Å². The molecule has 1 aliphatic heterocycles. The Kier molecular flexibility index (Phi) is 5.30. The van der Waals surface area contributed by atoms with Crippen molar-refractivity contribution in [3.8, 4) is 0 Å². The maximum absolute atomic E-state index is 10.8. The number of aliphatic hydroxyl groups is 1. The van der Waals surface area contributed by atoms with E-state index in [0.717, 1.165) is 25.9 Å². The van der Waals surface area contributed by atoms with Crippen LogP contribution in [0, 0.1) is 11.8 Å². The third kappa shape index (κ3) is 4.10. The Morgan fingerprint density at radius 2 is 1.84 bits per heavy atom. The van der Waals surface area contributed by atoms with Crippen LogP contribution in [0.4, 0.5) is 0 Å². The molecule has 0 bridgehead atoms. The standard InChI is InChI=1S/C22H35NO2/c1-16-11-12-18(19(24)13-16)22(4,5)23-14-20(25-21(2,3)15-23)17-9-7-6-8-10-17/h6-10,16,18-20,24H,11-15H2,1-5H3/t16-,18-,19-,20-/m1/s1. The summed E-state index contributed by atoms with van der Waals surface area (Å²) in [6.45, 7) is 13.1. The van der Waals surface area contributed by atoms with Crippen LogP contribution in [0.3, 0.4) is 0 Å². The van der Waals surface area contributed by atoms with E-state index in [2.05, 4.69) is 69.9 Å². The van der Waals surface area contributed by atoms with Crippen LogP contribution < -0.4 is 0 Å². The Morgan fingerprint density at radius 3 is 2.48 bits per heavy atom. The third-order valence-corrected chi connectivity index (χ3v) is 6.39. The maximum atomic E-state index is 10.8. The highest BCUT2D eigenvalue weighted by Crippen LogP contribution is 2.42. The zero-order valence-electron chi connectivity index (χ0n) is 16.5. The topological polar surface area (TPSA) is 32.7 Å². The number of benzene rings is 1. The number of hydrogen-bond donors (Lipinski definition) is 1. The number of rotatable bonds is 3. The van der Waals surface area contributed by atoms with Gasteiger partial charge in [-0.2, -0.15) is 0 Å². The van der Waals surface area contributed by atoms with Gasteiger partial charge in [-0.1, -0.05) is 43.7 Å². The van der Waals surface area contributed by atoms with Crippen LogP contribution in [0.5, 0.6) is 0 Å². The summed E-state index contributed by atoms with van der Waals surface area (Å²) in [5.41, 5.74) is 1.02. The molecular weight excluding hydrogens is 310 g/mol. The van der Waals surface area contributed by atoms with E-state index < -0.39 is 0 Å². The minimum atomic E-state index is -0.195. The fourth-order valence-electron chi connectivity index (χ4n) is 4.87. The van der Waals surface area contributed by atoms with Gasteiger partial charge in [-0.3, -0.25) is 4.90 Å². The molecule has 1 saturated carbocycles. The summed E-state index contributed by atoms with van der Waals surface area (Å²) in [5.74, 6) is 0.967. The molecular formula is C22H35NO2. The number of ether oxygens (including phenoxy) is 1. The summed E-state index contributed by atoms with van der Waals surface area (Å²) in [4.78, 5) is 2.57. The Balaban J connectivity index is 1.82. The molecule has 1 N–H and O–H groups in total. The smallest absolute Gasteiger partial charge is 0.0959 e. The van der Waals surface area contributed by atoms with E-state index in [1.54, 1.807) is 0 Å². The van der Waals surface area contributed by atoms with Gasteiger partial charge in [0.2, 0.25) is 0 Å². The predicted octanol–water partition coefficient (Wildman–Crippen LogP) is 4.41. The zero-order valence-corrected chi connectivity index (χ0v) is 16.5. The van der Waals surface area contributed by atoms with Crippen molar-refractivity contribution in [2.75, 3.05) is 13.1 Å². The third-order valence-electron chi connectivity index (χ3n) is 6.39. The normalized spacial score (nSPS) is 34.0. The zero-order chi connectivity index (χ0) is 18.2. The van der Waals surface area contributed by atoms with Crippen molar-refractivity contribution in [1.82, 2.24) is 4.90 Å². The van der Waals surface area contributed by atoms with Gasteiger partial charge in [0.15, 0.2) is 0 Å². The molecule has 0 amide bonds. The fraction of sp³-hybridized carbons (Fsp3) is 0.727. The summed E-state index contributed by atoms with van der Waals surface area (Å²) in [6.07, 6.45) is 3.16. The SMILES string of the molecule is C[C@@H]1CC[C@@H](C(C)(C)N2C[C@H](c3ccccc3)OC(C)(C)C2)[C@H](O)C1. The van der Waals surface area contributed by atoms with Gasteiger partial charge in [-0.15, -0.1) is 0 Å². The van der Waals surface area contributed by atoms with Gasteiger partial charge < -0.3 is 9.84 Å². The quantitative estimate of drug-likeness (QED) is 0.880. The molecule has 1 saturated heterocycles. The van der Waals surface area contributed by atoms with Gasteiger partial charge in [0.1, 0.15) is 0 Å². The highest BCUT2D eigenvalue weighted by Gasteiger charge is 2.46. The molecule has 0 unspecified atom stereocenters. The van der Waals surface area contributed by atoms with Crippen molar-refractivity contribution in [1.29, 1.82) is 0 Å². The van der Waals surface area contributed by atoms with E-state index in [4.69, 9.17) is 4.74 Å². The van der Waals surface area contributed by atoms with Crippen LogP contribution in [0.15, 0.2) is 30.3 Å². The average molecular weight is 346 g/mol.